The number of morpholine rings is 1. The Morgan fingerprint density at radius 3 is 2.71 bits per heavy atom. The van der Waals surface area contributed by atoms with Crippen molar-refractivity contribution in [2.75, 3.05) is 19.7 Å². The number of rotatable bonds is 5. The van der Waals surface area contributed by atoms with Gasteiger partial charge in [0.25, 0.3) is 0 Å². The standard InChI is InChI=1S/C18H24N2O3S/c1-4-22-15-8-6-5-7-14(15)17-16(24-18(21)19-17)11-20-9-12(2)23-13(3)10-20/h5-8,12-13H,4,9-11H2,1-3H3,(H,19,21). The number of nitrogens with zero attached hydrogens (tertiary/aromatic N) is 1. The van der Waals surface area contributed by atoms with Gasteiger partial charge in [0.1, 0.15) is 5.75 Å². The Hall–Kier alpha value is -1.63. The van der Waals surface area contributed by atoms with Crippen molar-refractivity contribution in [1.29, 1.82) is 0 Å². The summed E-state index contributed by atoms with van der Waals surface area (Å²) in [5.41, 5.74) is 1.82. The van der Waals surface area contributed by atoms with E-state index in [9.17, 15) is 4.79 Å². The summed E-state index contributed by atoms with van der Waals surface area (Å²) in [5.74, 6) is 0.805. The normalized spacial score (nSPS) is 21.8. The second kappa shape index (κ2) is 7.51. The third-order valence-corrected chi connectivity index (χ3v) is 4.91. The minimum atomic E-state index is -0.0272. The van der Waals surface area contributed by atoms with E-state index in [1.165, 1.54) is 11.3 Å². The lowest BCUT2D eigenvalue weighted by Gasteiger charge is -2.35. The highest BCUT2D eigenvalue weighted by Gasteiger charge is 2.24. The van der Waals surface area contributed by atoms with Gasteiger partial charge >= 0.3 is 4.87 Å². The van der Waals surface area contributed by atoms with Crippen LogP contribution in [0.15, 0.2) is 29.1 Å². The molecule has 1 N–H and O–H groups in total. The molecule has 0 aliphatic carbocycles. The molecule has 1 aromatic heterocycles. The van der Waals surface area contributed by atoms with Crippen LogP contribution < -0.4 is 9.61 Å². The number of hydrogen-bond donors (Lipinski definition) is 1. The van der Waals surface area contributed by atoms with Crippen LogP contribution in [-0.2, 0) is 11.3 Å². The molecular formula is C18H24N2O3S. The monoisotopic (exact) mass is 348 g/mol. The van der Waals surface area contributed by atoms with E-state index in [0.29, 0.717) is 6.61 Å². The highest BCUT2D eigenvalue weighted by atomic mass is 32.1. The van der Waals surface area contributed by atoms with Crippen LogP contribution in [-0.4, -0.2) is 41.8 Å². The van der Waals surface area contributed by atoms with E-state index >= 15 is 0 Å². The average Bonchev–Trinajstić information content (AvgIpc) is 2.87. The summed E-state index contributed by atoms with van der Waals surface area (Å²) in [6, 6.07) is 7.86. The van der Waals surface area contributed by atoms with Crippen molar-refractivity contribution >= 4 is 11.3 Å². The lowest BCUT2D eigenvalue weighted by molar-refractivity contribution is -0.0702. The second-order valence-corrected chi connectivity index (χ2v) is 7.26. The maximum atomic E-state index is 12.0. The van der Waals surface area contributed by atoms with Crippen molar-refractivity contribution in [3.8, 4) is 17.0 Å². The third-order valence-electron chi connectivity index (χ3n) is 4.04. The molecule has 1 aromatic carbocycles. The summed E-state index contributed by atoms with van der Waals surface area (Å²) < 4.78 is 11.5. The molecule has 1 saturated heterocycles. The highest BCUT2D eigenvalue weighted by Crippen LogP contribution is 2.32. The lowest BCUT2D eigenvalue weighted by atomic mass is 10.1. The Morgan fingerprint density at radius 2 is 2.00 bits per heavy atom. The molecule has 3 rings (SSSR count). The number of aromatic amines is 1. The molecule has 1 aliphatic rings. The maximum Gasteiger partial charge on any atom is 0.305 e. The van der Waals surface area contributed by atoms with Crippen LogP contribution in [0.1, 0.15) is 25.6 Å². The van der Waals surface area contributed by atoms with Gasteiger partial charge in [0.15, 0.2) is 0 Å². The third kappa shape index (κ3) is 3.88. The molecule has 2 atom stereocenters. The Labute approximate surface area is 146 Å². The van der Waals surface area contributed by atoms with E-state index in [0.717, 1.165) is 41.5 Å². The molecule has 2 unspecified atom stereocenters. The van der Waals surface area contributed by atoms with Crippen molar-refractivity contribution in [3.63, 3.8) is 0 Å². The van der Waals surface area contributed by atoms with E-state index in [1.54, 1.807) is 0 Å². The number of nitrogens with one attached hydrogen (secondary N) is 1. The maximum absolute atomic E-state index is 12.0. The minimum Gasteiger partial charge on any atom is -0.493 e. The molecule has 1 aliphatic heterocycles. The Morgan fingerprint density at radius 1 is 1.29 bits per heavy atom. The molecule has 0 saturated carbocycles. The van der Waals surface area contributed by atoms with Crippen LogP contribution in [0.3, 0.4) is 0 Å². The van der Waals surface area contributed by atoms with Gasteiger partial charge in [-0.2, -0.15) is 0 Å². The summed E-state index contributed by atoms with van der Waals surface area (Å²) in [6.45, 7) is 9.24. The van der Waals surface area contributed by atoms with E-state index < -0.39 is 0 Å². The van der Waals surface area contributed by atoms with Crippen LogP contribution in [0.5, 0.6) is 5.75 Å². The second-order valence-electron chi connectivity index (χ2n) is 6.19. The van der Waals surface area contributed by atoms with Crippen LogP contribution in [0.4, 0.5) is 0 Å². The zero-order valence-corrected chi connectivity index (χ0v) is 15.2. The average molecular weight is 348 g/mol. The van der Waals surface area contributed by atoms with Crippen LogP contribution in [0.25, 0.3) is 11.3 Å². The van der Waals surface area contributed by atoms with Gasteiger partial charge in [-0.25, -0.2) is 0 Å². The van der Waals surface area contributed by atoms with Crippen LogP contribution in [0.2, 0.25) is 0 Å². The number of aromatic nitrogens is 1. The number of thiazole rings is 1. The number of hydrogen-bond acceptors (Lipinski definition) is 5. The first-order chi connectivity index (χ1) is 11.6. The fraction of sp³-hybridized carbons (Fsp3) is 0.500. The van der Waals surface area contributed by atoms with Gasteiger partial charge < -0.3 is 14.5 Å². The van der Waals surface area contributed by atoms with Gasteiger partial charge in [-0.05, 0) is 32.9 Å². The van der Waals surface area contributed by atoms with Gasteiger partial charge in [0.05, 0.1) is 24.5 Å². The number of para-hydroxylation sites is 1. The van der Waals surface area contributed by atoms with E-state index in [1.807, 2.05) is 31.2 Å². The fourth-order valence-corrected chi connectivity index (χ4v) is 4.15. The van der Waals surface area contributed by atoms with Gasteiger partial charge in [-0.3, -0.25) is 9.69 Å². The van der Waals surface area contributed by atoms with Crippen molar-refractivity contribution < 1.29 is 9.47 Å². The predicted octanol–water partition coefficient (Wildman–Crippen LogP) is 3.11. The van der Waals surface area contributed by atoms with Crippen molar-refractivity contribution in [3.05, 3.63) is 38.8 Å². The largest absolute Gasteiger partial charge is 0.493 e. The van der Waals surface area contributed by atoms with Gasteiger partial charge in [0.2, 0.25) is 0 Å². The van der Waals surface area contributed by atoms with E-state index in [-0.39, 0.29) is 17.1 Å². The lowest BCUT2D eigenvalue weighted by Crippen LogP contribution is -2.44. The Balaban J connectivity index is 1.90. The van der Waals surface area contributed by atoms with E-state index in [4.69, 9.17) is 9.47 Å². The molecule has 0 amide bonds. The molecule has 2 heterocycles. The zero-order chi connectivity index (χ0) is 17.1. The molecule has 130 valence electrons. The molecule has 2 aromatic rings. The molecule has 0 spiro atoms. The van der Waals surface area contributed by atoms with Crippen LogP contribution in [0, 0.1) is 0 Å². The minimum absolute atomic E-state index is 0.0272. The molecular weight excluding hydrogens is 324 g/mol. The molecule has 0 radical (unpaired) electrons. The molecule has 24 heavy (non-hydrogen) atoms. The van der Waals surface area contributed by atoms with Gasteiger partial charge in [-0.1, -0.05) is 23.5 Å². The molecule has 5 nitrogen and oxygen atoms in total. The Bertz CT molecular complexity index is 730. The molecule has 1 fully saturated rings. The van der Waals surface area contributed by atoms with Crippen molar-refractivity contribution in [2.24, 2.45) is 0 Å². The fourth-order valence-electron chi connectivity index (χ4n) is 3.26. The summed E-state index contributed by atoms with van der Waals surface area (Å²) in [7, 11) is 0. The zero-order valence-electron chi connectivity index (χ0n) is 14.4. The van der Waals surface area contributed by atoms with Gasteiger partial charge in [-0.15, -0.1) is 0 Å². The first-order valence-corrected chi connectivity index (χ1v) is 9.20. The first kappa shape index (κ1) is 17.2. The SMILES string of the molecule is CCOc1ccccc1-c1[nH]c(=O)sc1CN1CC(C)OC(C)C1. The van der Waals surface area contributed by atoms with E-state index in [2.05, 4.69) is 23.7 Å². The summed E-state index contributed by atoms with van der Waals surface area (Å²) in [5, 5.41) is 0. The first-order valence-electron chi connectivity index (χ1n) is 8.38. The van der Waals surface area contributed by atoms with Gasteiger partial charge in [0, 0.05) is 30.1 Å². The summed E-state index contributed by atoms with van der Waals surface area (Å²) in [6.07, 6.45) is 0.423. The topological polar surface area (TPSA) is 54.6 Å². The Kier molecular flexibility index (Phi) is 5.38. The molecule has 0 bridgehead atoms. The highest BCUT2D eigenvalue weighted by molar-refractivity contribution is 7.09. The summed E-state index contributed by atoms with van der Waals surface area (Å²) in [4.78, 5) is 18.4. The summed E-state index contributed by atoms with van der Waals surface area (Å²) >= 11 is 1.28. The smallest absolute Gasteiger partial charge is 0.305 e. The predicted molar refractivity (Wildman–Crippen MR) is 96.8 cm³/mol. The molecule has 6 heteroatoms. The quantitative estimate of drug-likeness (QED) is 0.902. The van der Waals surface area contributed by atoms with Crippen molar-refractivity contribution in [1.82, 2.24) is 9.88 Å². The van der Waals surface area contributed by atoms with Crippen molar-refractivity contribution in [2.45, 2.75) is 39.5 Å². The number of H-pyrrole nitrogens is 1. The number of ether oxygens (including phenoxy) is 2. The van der Waals surface area contributed by atoms with Crippen LogP contribution >= 0.6 is 11.3 Å². The number of benzene rings is 1.